The van der Waals surface area contributed by atoms with Crippen LogP contribution in [0.5, 0.6) is 5.75 Å². The van der Waals surface area contributed by atoms with Gasteiger partial charge in [-0.2, -0.15) is 0 Å². The summed E-state index contributed by atoms with van der Waals surface area (Å²) >= 11 is 0.883. The molecule has 2 aromatic rings. The number of hydrogen-bond acceptors (Lipinski definition) is 6. The van der Waals surface area contributed by atoms with Crippen LogP contribution in [0.1, 0.15) is 11.1 Å². The molecule has 7 nitrogen and oxygen atoms in total. The molecule has 0 N–H and O–H groups in total. The third-order valence-corrected chi connectivity index (χ3v) is 4.69. The molecule has 0 unspecified atom stereocenters. The van der Waals surface area contributed by atoms with Gasteiger partial charge in [0.05, 0.1) is 9.83 Å². The summed E-state index contributed by atoms with van der Waals surface area (Å²) in [6, 6.07) is 13.2. The van der Waals surface area contributed by atoms with Crippen LogP contribution in [0.2, 0.25) is 0 Å². The summed E-state index contributed by atoms with van der Waals surface area (Å²) in [7, 11) is 1.44. The molecule has 0 bridgehead atoms. The van der Waals surface area contributed by atoms with E-state index in [0.29, 0.717) is 16.2 Å². The lowest BCUT2D eigenvalue weighted by atomic mass is 10.1. The van der Waals surface area contributed by atoms with E-state index >= 15 is 0 Å². The van der Waals surface area contributed by atoms with Crippen molar-refractivity contribution >= 4 is 34.7 Å². The van der Waals surface area contributed by atoms with Crippen molar-refractivity contribution in [2.45, 2.75) is 6.61 Å². The maximum atomic E-state index is 12.0. The van der Waals surface area contributed by atoms with Crippen molar-refractivity contribution in [2.75, 3.05) is 7.05 Å². The summed E-state index contributed by atoms with van der Waals surface area (Å²) in [5.41, 5.74) is 1.47. The highest BCUT2D eigenvalue weighted by atomic mass is 32.2. The number of ether oxygens (including phenoxy) is 1. The van der Waals surface area contributed by atoms with Gasteiger partial charge in [0.2, 0.25) is 0 Å². The summed E-state index contributed by atoms with van der Waals surface area (Å²) in [4.78, 5) is 35.3. The predicted octanol–water partition coefficient (Wildman–Crippen LogP) is 3.84. The quantitative estimate of drug-likeness (QED) is 0.451. The molecule has 1 heterocycles. The molecule has 2 amide bonds. The number of nitrogens with zero attached hydrogens (tertiary/aromatic N) is 2. The lowest BCUT2D eigenvalue weighted by molar-refractivity contribution is -0.384. The topological polar surface area (TPSA) is 89.8 Å². The lowest BCUT2D eigenvalue weighted by Gasteiger charge is -2.09. The summed E-state index contributed by atoms with van der Waals surface area (Å²) < 4.78 is 5.79. The van der Waals surface area contributed by atoms with Crippen molar-refractivity contribution in [1.82, 2.24) is 4.90 Å². The third kappa shape index (κ3) is 3.75. The second-order valence-electron chi connectivity index (χ2n) is 5.49. The van der Waals surface area contributed by atoms with Crippen molar-refractivity contribution < 1.29 is 19.2 Å². The highest BCUT2D eigenvalue weighted by molar-refractivity contribution is 8.18. The number of para-hydroxylation sites is 1. The Kier molecular flexibility index (Phi) is 5.04. The van der Waals surface area contributed by atoms with Crippen molar-refractivity contribution in [3.05, 3.63) is 74.7 Å². The molecule has 8 heteroatoms. The molecule has 1 aliphatic rings. The number of likely N-dealkylation sites (N-methyl/N-ethyl adjacent to an activating group) is 1. The molecule has 3 rings (SSSR count). The second-order valence-corrected chi connectivity index (χ2v) is 6.48. The average molecular weight is 370 g/mol. The molecule has 0 saturated carbocycles. The Morgan fingerprint density at radius 1 is 1.15 bits per heavy atom. The van der Waals surface area contributed by atoms with Gasteiger partial charge in [-0.05, 0) is 41.6 Å². The van der Waals surface area contributed by atoms with Gasteiger partial charge >= 0.3 is 0 Å². The van der Waals surface area contributed by atoms with E-state index < -0.39 is 4.92 Å². The number of imide groups is 1. The molecule has 1 saturated heterocycles. The fourth-order valence-corrected chi connectivity index (χ4v) is 3.11. The van der Waals surface area contributed by atoms with Crippen LogP contribution in [0.3, 0.4) is 0 Å². The monoisotopic (exact) mass is 370 g/mol. The van der Waals surface area contributed by atoms with Gasteiger partial charge in [-0.3, -0.25) is 24.6 Å². The number of carbonyl (C=O) groups is 2. The van der Waals surface area contributed by atoms with Gasteiger partial charge in [-0.25, -0.2) is 0 Å². The molecule has 0 aromatic heterocycles. The Labute approximate surface area is 153 Å². The Bertz CT molecular complexity index is 908. The van der Waals surface area contributed by atoms with Crippen LogP contribution in [0.25, 0.3) is 6.08 Å². The van der Waals surface area contributed by atoms with Crippen molar-refractivity contribution in [1.29, 1.82) is 0 Å². The van der Waals surface area contributed by atoms with Gasteiger partial charge in [0.15, 0.2) is 0 Å². The number of hydrogen-bond donors (Lipinski definition) is 0. The van der Waals surface area contributed by atoms with E-state index in [1.165, 1.54) is 19.2 Å². The summed E-state index contributed by atoms with van der Waals surface area (Å²) in [6.07, 6.45) is 1.62. The number of non-ortho nitro benzene ring substituents is 1. The zero-order valence-electron chi connectivity index (χ0n) is 13.7. The molecule has 1 aliphatic heterocycles. The van der Waals surface area contributed by atoms with Crippen LogP contribution in [-0.2, 0) is 11.4 Å². The first kappa shape index (κ1) is 17.7. The first-order valence-electron chi connectivity index (χ1n) is 7.62. The zero-order valence-corrected chi connectivity index (χ0v) is 14.6. The largest absolute Gasteiger partial charge is 0.488 e. The first-order chi connectivity index (χ1) is 12.5. The van der Waals surface area contributed by atoms with E-state index in [9.17, 15) is 19.7 Å². The van der Waals surface area contributed by atoms with E-state index in [4.69, 9.17) is 4.74 Å². The van der Waals surface area contributed by atoms with Gasteiger partial charge in [-0.15, -0.1) is 0 Å². The van der Waals surface area contributed by atoms with Crippen LogP contribution < -0.4 is 4.74 Å². The van der Waals surface area contributed by atoms with Crippen LogP contribution >= 0.6 is 11.8 Å². The molecule has 1 fully saturated rings. The number of nitro benzene ring substituents is 1. The van der Waals surface area contributed by atoms with Crippen molar-refractivity contribution in [2.24, 2.45) is 0 Å². The Hall–Kier alpha value is -3.13. The zero-order chi connectivity index (χ0) is 18.7. The molecule has 0 atom stereocenters. The molecule has 0 radical (unpaired) electrons. The van der Waals surface area contributed by atoms with Gasteiger partial charge in [0.25, 0.3) is 16.8 Å². The molecule has 0 spiro atoms. The van der Waals surface area contributed by atoms with Crippen LogP contribution in [0.15, 0.2) is 53.4 Å². The highest BCUT2D eigenvalue weighted by Gasteiger charge is 2.31. The fourth-order valence-electron chi connectivity index (χ4n) is 2.29. The summed E-state index contributed by atoms with van der Waals surface area (Å²) in [6.45, 7) is 0.220. The second kappa shape index (κ2) is 7.40. The molecular weight excluding hydrogens is 356 g/mol. The number of nitro groups is 1. The first-order valence-corrected chi connectivity index (χ1v) is 8.44. The molecule has 2 aromatic carbocycles. The van der Waals surface area contributed by atoms with E-state index in [-0.39, 0.29) is 23.4 Å². The number of carbonyl (C=O) groups excluding carboxylic acids is 2. The van der Waals surface area contributed by atoms with Gasteiger partial charge in [0.1, 0.15) is 12.4 Å². The summed E-state index contributed by atoms with van der Waals surface area (Å²) in [5, 5.41) is 10.4. The maximum absolute atomic E-state index is 12.0. The number of rotatable bonds is 5. The Morgan fingerprint density at radius 3 is 2.46 bits per heavy atom. The molecule has 26 heavy (non-hydrogen) atoms. The number of thioether (sulfide) groups is 1. The maximum Gasteiger partial charge on any atom is 0.293 e. The minimum Gasteiger partial charge on any atom is -0.488 e. The molecule has 132 valence electrons. The van der Waals surface area contributed by atoms with Gasteiger partial charge in [-0.1, -0.05) is 18.2 Å². The van der Waals surface area contributed by atoms with Gasteiger partial charge in [0, 0.05) is 24.7 Å². The molecule has 0 aliphatic carbocycles. The minimum absolute atomic E-state index is 0.0180. The van der Waals surface area contributed by atoms with Crippen LogP contribution in [0.4, 0.5) is 10.5 Å². The van der Waals surface area contributed by atoms with E-state index in [1.807, 2.05) is 0 Å². The van der Waals surface area contributed by atoms with Gasteiger partial charge < -0.3 is 4.74 Å². The van der Waals surface area contributed by atoms with E-state index in [0.717, 1.165) is 22.2 Å². The Morgan fingerprint density at radius 2 is 1.85 bits per heavy atom. The van der Waals surface area contributed by atoms with E-state index in [1.54, 1.807) is 42.5 Å². The smallest absolute Gasteiger partial charge is 0.293 e. The lowest BCUT2D eigenvalue weighted by Crippen LogP contribution is -2.22. The SMILES string of the molecule is CN1C(=O)S/C(=C\c2ccccc2OCc2ccc([N+](=O)[O-])cc2)C1=O. The van der Waals surface area contributed by atoms with Crippen LogP contribution in [0, 0.1) is 10.1 Å². The summed E-state index contributed by atoms with van der Waals surface area (Å²) in [5.74, 6) is 0.207. The standard InChI is InChI=1S/C18H14N2O5S/c1-19-17(21)16(26-18(19)22)10-13-4-2-3-5-15(13)25-11-12-6-8-14(9-7-12)20(23)24/h2-10H,11H2,1H3/b16-10-. The number of amides is 2. The normalized spacial score (nSPS) is 15.6. The van der Waals surface area contributed by atoms with Crippen LogP contribution in [-0.4, -0.2) is 28.0 Å². The Balaban J connectivity index is 1.76. The average Bonchev–Trinajstić information content (AvgIpc) is 2.88. The molecular formula is C18H14N2O5S. The van der Waals surface area contributed by atoms with Crippen molar-refractivity contribution in [3.8, 4) is 5.75 Å². The number of benzene rings is 2. The highest BCUT2D eigenvalue weighted by Crippen LogP contribution is 2.33. The van der Waals surface area contributed by atoms with E-state index in [2.05, 4.69) is 0 Å². The fraction of sp³-hybridized carbons (Fsp3) is 0.111. The minimum atomic E-state index is -0.458. The van der Waals surface area contributed by atoms with Crippen molar-refractivity contribution in [3.63, 3.8) is 0 Å². The third-order valence-electron chi connectivity index (χ3n) is 3.73. The predicted molar refractivity (Wildman–Crippen MR) is 97.6 cm³/mol.